The van der Waals surface area contributed by atoms with Crippen LogP contribution in [0.2, 0.25) is 0 Å². The molecule has 2 heterocycles. The van der Waals surface area contributed by atoms with E-state index in [2.05, 4.69) is 79.0 Å². The van der Waals surface area contributed by atoms with Gasteiger partial charge in [-0.2, -0.15) is 0 Å². The molecule has 0 spiro atoms. The van der Waals surface area contributed by atoms with E-state index in [-0.39, 0.29) is 0 Å². The van der Waals surface area contributed by atoms with Crippen molar-refractivity contribution < 1.29 is 4.57 Å². The number of pyridine rings is 1. The van der Waals surface area contributed by atoms with E-state index in [9.17, 15) is 0 Å². The first-order valence-electron chi connectivity index (χ1n) is 9.08. The molecule has 1 aliphatic rings. The minimum Gasteiger partial charge on any atom is -0.312 e. The van der Waals surface area contributed by atoms with Crippen molar-refractivity contribution in [3.05, 3.63) is 76.8 Å². The second-order valence-corrected chi connectivity index (χ2v) is 8.30. The molecule has 0 saturated heterocycles. The molecule has 1 aliphatic heterocycles. The molecule has 0 unspecified atom stereocenters. The highest BCUT2D eigenvalue weighted by molar-refractivity contribution is 7.99. The summed E-state index contributed by atoms with van der Waals surface area (Å²) in [5.74, 6) is 0. The second kappa shape index (κ2) is 5.84. The second-order valence-electron chi connectivity index (χ2n) is 7.25. The van der Waals surface area contributed by atoms with Gasteiger partial charge in [0.05, 0.1) is 10.9 Å². The summed E-state index contributed by atoms with van der Waals surface area (Å²) in [6.45, 7) is 12.2. The van der Waals surface area contributed by atoms with Gasteiger partial charge in [0, 0.05) is 21.4 Å². The lowest BCUT2D eigenvalue weighted by Gasteiger charge is -2.23. The van der Waals surface area contributed by atoms with Gasteiger partial charge in [-0.25, -0.2) is 11.1 Å². The van der Waals surface area contributed by atoms with Crippen LogP contribution in [-0.4, -0.2) is 0 Å². The average Bonchev–Trinajstić information content (AvgIpc) is 2.68. The maximum Gasteiger partial charge on any atom is 0.239 e. The number of benzene rings is 3. The van der Waals surface area contributed by atoms with Crippen molar-refractivity contribution in [1.82, 2.24) is 0 Å². The highest BCUT2D eigenvalue weighted by atomic mass is 32.2. The van der Waals surface area contributed by atoms with E-state index < -0.39 is 0 Å². The Morgan fingerprint density at radius 2 is 1.78 bits per heavy atom. The molecule has 0 saturated carbocycles. The molecule has 0 bridgehead atoms. The molecule has 0 N–H and O–H groups in total. The van der Waals surface area contributed by atoms with Crippen LogP contribution in [0.5, 0.6) is 0 Å². The average molecular weight is 367 g/mol. The highest BCUT2D eigenvalue weighted by Gasteiger charge is 2.31. The smallest absolute Gasteiger partial charge is 0.239 e. The highest BCUT2D eigenvalue weighted by Crippen LogP contribution is 2.51. The van der Waals surface area contributed by atoms with Gasteiger partial charge < -0.3 is 4.85 Å². The molecule has 0 atom stereocenters. The Labute approximate surface area is 163 Å². The van der Waals surface area contributed by atoms with Crippen LogP contribution in [0, 0.1) is 20.4 Å². The van der Waals surface area contributed by atoms with E-state index in [0.717, 1.165) is 5.56 Å². The van der Waals surface area contributed by atoms with Gasteiger partial charge in [0.15, 0.2) is 6.20 Å². The Bertz CT molecular complexity index is 1310. The number of aromatic nitrogens is 1. The first-order valence-corrected chi connectivity index (χ1v) is 9.90. The predicted octanol–water partition coefficient (Wildman–Crippen LogP) is 5.99. The third-order valence-electron chi connectivity index (χ3n) is 5.65. The summed E-state index contributed by atoms with van der Waals surface area (Å²) in [4.78, 5) is 6.21. The standard InChI is InChI=1S/C24H19N2S/c1-14-18-7-5-6-8-19(18)15(2)24-21(14)23-22-17(9-10-26(23)4)11-16(13-25-3)12-20(22)27-24/h5-12H,13H2,1-2,4H3/q+1. The number of nitrogens with zero attached hydrogens (tertiary/aromatic N) is 2. The summed E-state index contributed by atoms with van der Waals surface area (Å²) in [6, 6.07) is 15.3. The van der Waals surface area contributed by atoms with Crippen molar-refractivity contribution in [2.24, 2.45) is 7.05 Å². The van der Waals surface area contributed by atoms with Gasteiger partial charge in [0.1, 0.15) is 7.05 Å². The maximum absolute atomic E-state index is 7.25. The van der Waals surface area contributed by atoms with Gasteiger partial charge in [-0.3, -0.25) is 0 Å². The fourth-order valence-corrected chi connectivity index (χ4v) is 5.72. The van der Waals surface area contributed by atoms with Crippen LogP contribution in [0.1, 0.15) is 16.7 Å². The van der Waals surface area contributed by atoms with Crippen molar-refractivity contribution >= 4 is 33.3 Å². The SMILES string of the molecule is [C-]#[N+]Cc1cc2c3c([n+](C)ccc3c1)-c1c(c(C)c3ccccc3c1C)S2. The van der Waals surface area contributed by atoms with Gasteiger partial charge in [-0.05, 0) is 53.3 Å². The Morgan fingerprint density at radius 1 is 1.04 bits per heavy atom. The van der Waals surface area contributed by atoms with Crippen molar-refractivity contribution in [2.75, 3.05) is 0 Å². The zero-order valence-corrected chi connectivity index (χ0v) is 16.4. The lowest BCUT2D eigenvalue weighted by atomic mass is 9.91. The minimum atomic E-state index is 0.433. The van der Waals surface area contributed by atoms with Gasteiger partial charge in [0.2, 0.25) is 12.2 Å². The van der Waals surface area contributed by atoms with Gasteiger partial charge in [-0.15, -0.1) is 0 Å². The summed E-state index contributed by atoms with van der Waals surface area (Å²) in [7, 11) is 2.13. The molecule has 3 heteroatoms. The van der Waals surface area contributed by atoms with Crippen molar-refractivity contribution in [3.8, 4) is 11.3 Å². The van der Waals surface area contributed by atoms with E-state index >= 15 is 0 Å². The maximum atomic E-state index is 7.25. The normalized spacial score (nSPS) is 12.2. The summed E-state index contributed by atoms with van der Waals surface area (Å²) < 4.78 is 2.25. The van der Waals surface area contributed by atoms with Gasteiger partial charge in [-0.1, -0.05) is 36.0 Å². The van der Waals surface area contributed by atoms with E-state index in [0.29, 0.717) is 6.54 Å². The van der Waals surface area contributed by atoms with E-state index in [4.69, 9.17) is 6.57 Å². The van der Waals surface area contributed by atoms with Crippen LogP contribution in [-0.2, 0) is 13.6 Å². The lowest BCUT2D eigenvalue weighted by Crippen LogP contribution is -2.31. The third kappa shape index (κ3) is 2.23. The number of fused-ring (bicyclic) bond motifs is 3. The molecule has 130 valence electrons. The monoisotopic (exact) mass is 367 g/mol. The summed E-state index contributed by atoms with van der Waals surface area (Å²) in [5.41, 5.74) is 6.43. The largest absolute Gasteiger partial charge is 0.312 e. The molecule has 5 rings (SSSR count). The van der Waals surface area contributed by atoms with Crippen LogP contribution in [0.4, 0.5) is 0 Å². The molecule has 27 heavy (non-hydrogen) atoms. The molecule has 0 radical (unpaired) electrons. The fraction of sp³-hybridized carbons (Fsp3) is 0.167. The molecule has 4 aromatic rings. The number of rotatable bonds is 1. The zero-order valence-electron chi connectivity index (χ0n) is 15.6. The van der Waals surface area contributed by atoms with Gasteiger partial charge in [0.25, 0.3) is 0 Å². The Morgan fingerprint density at radius 3 is 2.52 bits per heavy atom. The summed E-state index contributed by atoms with van der Waals surface area (Å²) in [6.07, 6.45) is 2.15. The van der Waals surface area contributed by atoms with Crippen LogP contribution in [0.15, 0.2) is 58.5 Å². The Balaban J connectivity index is 1.97. The molecule has 0 amide bonds. The number of hydrogen-bond acceptors (Lipinski definition) is 1. The van der Waals surface area contributed by atoms with Crippen LogP contribution >= 0.6 is 11.8 Å². The van der Waals surface area contributed by atoms with Crippen LogP contribution < -0.4 is 4.57 Å². The van der Waals surface area contributed by atoms with Gasteiger partial charge >= 0.3 is 0 Å². The molecular weight excluding hydrogens is 348 g/mol. The van der Waals surface area contributed by atoms with E-state index in [1.807, 2.05) is 11.8 Å². The zero-order chi connectivity index (χ0) is 18.7. The van der Waals surface area contributed by atoms with E-state index in [1.165, 1.54) is 53.7 Å². The molecule has 0 aliphatic carbocycles. The van der Waals surface area contributed by atoms with Crippen molar-refractivity contribution in [1.29, 1.82) is 0 Å². The number of aryl methyl sites for hydroxylation is 3. The quantitative estimate of drug-likeness (QED) is 0.261. The topological polar surface area (TPSA) is 8.24 Å². The first kappa shape index (κ1) is 16.4. The fourth-order valence-electron chi connectivity index (χ4n) is 4.36. The Hall–Kier alpha value is -2.83. The van der Waals surface area contributed by atoms with Crippen molar-refractivity contribution in [3.63, 3.8) is 0 Å². The van der Waals surface area contributed by atoms with Crippen LogP contribution in [0.3, 0.4) is 0 Å². The molecule has 0 fully saturated rings. The summed E-state index contributed by atoms with van der Waals surface area (Å²) >= 11 is 1.86. The lowest BCUT2D eigenvalue weighted by molar-refractivity contribution is -0.659. The van der Waals surface area contributed by atoms with Crippen LogP contribution in [0.25, 0.3) is 37.6 Å². The molecule has 3 aromatic carbocycles. The molecular formula is C24H19N2S+. The molecule has 2 nitrogen and oxygen atoms in total. The number of hydrogen-bond donors (Lipinski definition) is 0. The van der Waals surface area contributed by atoms with E-state index in [1.54, 1.807) is 0 Å². The predicted molar refractivity (Wildman–Crippen MR) is 112 cm³/mol. The first-order chi connectivity index (χ1) is 13.1. The summed E-state index contributed by atoms with van der Waals surface area (Å²) in [5, 5.41) is 5.20. The minimum absolute atomic E-state index is 0.433. The third-order valence-corrected chi connectivity index (χ3v) is 6.90. The molecule has 1 aromatic heterocycles. The van der Waals surface area contributed by atoms with Crippen molar-refractivity contribution in [2.45, 2.75) is 30.2 Å². The Kier molecular flexibility index (Phi) is 3.54.